The Morgan fingerprint density at radius 2 is 2.00 bits per heavy atom. The molecule has 4 atom stereocenters. The highest BCUT2D eigenvalue weighted by Gasteiger charge is 2.60. The van der Waals surface area contributed by atoms with Gasteiger partial charge >= 0.3 is 5.97 Å². The Bertz CT molecular complexity index is 1010. The van der Waals surface area contributed by atoms with Crippen molar-refractivity contribution in [1.29, 1.82) is 0 Å². The number of aliphatic hydroxyl groups is 1. The molecule has 0 saturated carbocycles. The summed E-state index contributed by atoms with van der Waals surface area (Å²) in [6.07, 6.45) is 0.585. The highest BCUT2D eigenvalue weighted by atomic mass is 32.2. The van der Waals surface area contributed by atoms with Crippen LogP contribution in [0.5, 0.6) is 0 Å². The summed E-state index contributed by atoms with van der Waals surface area (Å²) in [6.45, 7) is 6.11. The lowest BCUT2D eigenvalue weighted by atomic mass is 9.79. The summed E-state index contributed by atoms with van der Waals surface area (Å²) in [5.41, 5.74) is 0.349. The van der Waals surface area contributed by atoms with Gasteiger partial charge < -0.3 is 29.3 Å². The topological polar surface area (TPSA) is 127 Å². The summed E-state index contributed by atoms with van der Waals surface area (Å²) in [5, 5.41) is 19.8. The van der Waals surface area contributed by atoms with E-state index in [4.69, 9.17) is 4.42 Å². The van der Waals surface area contributed by atoms with Gasteiger partial charge in [-0.2, -0.15) is 16.7 Å². The maximum Gasteiger partial charge on any atom is 0.353 e. The number of aromatic nitrogens is 1. The summed E-state index contributed by atoms with van der Waals surface area (Å²) in [6, 6.07) is 0.0810. The molecule has 0 aliphatic carbocycles. The molecular weight excluding hydrogens is 468 g/mol. The first kappa shape index (κ1) is 22.6. The second-order valence-electron chi connectivity index (χ2n) is 8.84. The van der Waals surface area contributed by atoms with E-state index in [0.29, 0.717) is 42.8 Å². The van der Waals surface area contributed by atoms with E-state index in [-0.39, 0.29) is 34.7 Å². The van der Waals surface area contributed by atoms with Gasteiger partial charge in [0.05, 0.1) is 18.1 Å². The lowest BCUT2D eigenvalue weighted by molar-refractivity contribution is -0.163. The van der Waals surface area contributed by atoms with Gasteiger partial charge in [0.25, 0.3) is 11.9 Å². The number of nitrogens with zero attached hydrogens (tertiary/aromatic N) is 4. The van der Waals surface area contributed by atoms with Gasteiger partial charge in [-0.15, -0.1) is 11.8 Å². The van der Waals surface area contributed by atoms with Crippen LogP contribution in [-0.4, -0.2) is 97.9 Å². The quantitative estimate of drug-likeness (QED) is 0.552. The van der Waals surface area contributed by atoms with E-state index in [0.717, 1.165) is 11.5 Å². The van der Waals surface area contributed by atoms with Gasteiger partial charge in [-0.1, -0.05) is 6.92 Å². The summed E-state index contributed by atoms with van der Waals surface area (Å²) in [7, 11) is 0. The smallest absolute Gasteiger partial charge is 0.353 e. The predicted octanol–water partition coefficient (Wildman–Crippen LogP) is 0.939. The minimum absolute atomic E-state index is 0.0431. The van der Waals surface area contributed by atoms with Crippen LogP contribution in [0.25, 0.3) is 0 Å². The molecule has 1 aromatic heterocycles. The number of carbonyl (C=O) groups excluding carboxylic acids is 2. The summed E-state index contributed by atoms with van der Waals surface area (Å²) < 4.78 is 5.54. The fraction of sp³-hybridized carbons (Fsp3) is 0.619. The zero-order valence-electron chi connectivity index (χ0n) is 18.3. The SMILES string of the molecule is C[C@@H](O)[C@H]1C(=O)N2C(C(=O)O)=C(SC3CN(c4nc(C(=O)N5CCSCC5)co4)C3)[C@H](C)[C@H]12. The van der Waals surface area contributed by atoms with Crippen LogP contribution in [0.15, 0.2) is 21.3 Å². The van der Waals surface area contributed by atoms with Crippen LogP contribution in [0.2, 0.25) is 0 Å². The summed E-state index contributed by atoms with van der Waals surface area (Å²) in [5.74, 6) is -0.420. The van der Waals surface area contributed by atoms with Crippen LogP contribution in [0.4, 0.5) is 6.01 Å². The molecule has 3 saturated heterocycles. The van der Waals surface area contributed by atoms with E-state index in [1.54, 1.807) is 11.8 Å². The number of aliphatic carboxylic acids is 1. The molecule has 12 heteroatoms. The summed E-state index contributed by atoms with van der Waals surface area (Å²) >= 11 is 3.30. The summed E-state index contributed by atoms with van der Waals surface area (Å²) in [4.78, 5) is 47.1. The Balaban J connectivity index is 1.23. The molecule has 2 N–H and O–H groups in total. The highest BCUT2D eigenvalue weighted by Crippen LogP contribution is 2.52. The van der Waals surface area contributed by atoms with E-state index in [2.05, 4.69) is 4.98 Å². The van der Waals surface area contributed by atoms with Crippen molar-refractivity contribution in [3.8, 4) is 0 Å². The van der Waals surface area contributed by atoms with Crippen LogP contribution in [-0.2, 0) is 9.59 Å². The van der Waals surface area contributed by atoms with Crippen LogP contribution in [0.1, 0.15) is 24.3 Å². The zero-order chi connectivity index (χ0) is 23.4. The molecule has 0 radical (unpaired) electrons. The number of rotatable bonds is 6. The average molecular weight is 495 g/mol. The van der Waals surface area contributed by atoms with Crippen LogP contribution < -0.4 is 4.90 Å². The van der Waals surface area contributed by atoms with Crippen LogP contribution in [0.3, 0.4) is 0 Å². The minimum Gasteiger partial charge on any atom is -0.477 e. The highest BCUT2D eigenvalue weighted by molar-refractivity contribution is 8.03. The fourth-order valence-corrected chi connectivity index (χ4v) is 7.39. The van der Waals surface area contributed by atoms with Crippen molar-refractivity contribution in [2.75, 3.05) is 42.6 Å². The number of carboxylic acids is 1. The maximum atomic E-state index is 12.6. The Labute approximate surface area is 199 Å². The number of hydrogen-bond acceptors (Lipinski definition) is 9. The van der Waals surface area contributed by atoms with Gasteiger partial charge in [0, 0.05) is 53.8 Å². The Morgan fingerprint density at radius 3 is 2.64 bits per heavy atom. The first-order chi connectivity index (χ1) is 15.8. The van der Waals surface area contributed by atoms with Gasteiger partial charge in [-0.05, 0) is 6.92 Å². The molecule has 33 heavy (non-hydrogen) atoms. The Morgan fingerprint density at radius 1 is 1.30 bits per heavy atom. The normalized spacial score (nSPS) is 28.5. The van der Waals surface area contributed by atoms with Crippen molar-refractivity contribution < 1.29 is 29.0 Å². The van der Waals surface area contributed by atoms with Crippen molar-refractivity contribution in [2.24, 2.45) is 11.8 Å². The molecule has 0 aromatic carbocycles. The molecule has 178 valence electrons. The largest absolute Gasteiger partial charge is 0.477 e. The Kier molecular flexibility index (Phi) is 5.86. The number of carboxylic acid groups (broad SMARTS) is 1. The number of thioether (sulfide) groups is 2. The molecule has 5 heterocycles. The third-order valence-corrected chi connectivity index (χ3v) is 9.13. The monoisotopic (exact) mass is 494 g/mol. The Hall–Kier alpha value is -2.18. The number of fused-ring (bicyclic) bond motifs is 1. The van der Waals surface area contributed by atoms with Crippen LogP contribution in [0, 0.1) is 11.8 Å². The van der Waals surface area contributed by atoms with E-state index >= 15 is 0 Å². The number of oxazole rings is 1. The molecule has 4 aliphatic rings. The third kappa shape index (κ3) is 3.71. The molecule has 5 rings (SSSR count). The molecule has 4 aliphatic heterocycles. The van der Waals surface area contributed by atoms with Crippen molar-refractivity contribution >= 4 is 47.3 Å². The standard InChI is InChI=1S/C21H26N4O6S2/c1-10-15-14(11(2)26)19(28)25(15)16(20(29)30)17(10)33-12-7-24(8-12)21-22-13(9-31-21)18(27)23-3-5-32-6-4-23/h9-12,14-15,26H,3-8H2,1-2H3,(H,29,30)/t10-,11-,14-,15-/m1/s1. The first-order valence-corrected chi connectivity index (χ1v) is 13.0. The van der Waals surface area contributed by atoms with E-state index < -0.39 is 18.0 Å². The number of amides is 2. The molecule has 0 bridgehead atoms. The number of anilines is 1. The first-order valence-electron chi connectivity index (χ1n) is 11.0. The third-order valence-electron chi connectivity index (χ3n) is 6.73. The average Bonchev–Trinajstić information content (AvgIpc) is 3.32. The van der Waals surface area contributed by atoms with Gasteiger partial charge in [0.15, 0.2) is 5.69 Å². The van der Waals surface area contributed by atoms with Gasteiger partial charge in [0.1, 0.15) is 12.0 Å². The van der Waals surface area contributed by atoms with Crippen molar-refractivity contribution in [2.45, 2.75) is 31.2 Å². The molecule has 1 aromatic rings. The second kappa shape index (κ2) is 8.55. The van der Waals surface area contributed by atoms with E-state index in [9.17, 15) is 24.6 Å². The lowest BCUT2D eigenvalue weighted by Crippen LogP contribution is -2.63. The van der Waals surface area contributed by atoms with Crippen LogP contribution >= 0.6 is 23.5 Å². The molecular formula is C21H26N4O6S2. The number of aliphatic hydroxyl groups excluding tert-OH is 1. The zero-order valence-corrected chi connectivity index (χ0v) is 20.0. The molecule has 3 fully saturated rings. The lowest BCUT2D eigenvalue weighted by Gasteiger charge is -2.46. The minimum atomic E-state index is -1.12. The number of β-lactam (4-membered cyclic amide) rings is 1. The van der Waals surface area contributed by atoms with Crippen molar-refractivity contribution in [1.82, 2.24) is 14.8 Å². The van der Waals surface area contributed by atoms with E-state index in [1.807, 2.05) is 23.6 Å². The fourth-order valence-electron chi connectivity index (χ4n) is 4.96. The van der Waals surface area contributed by atoms with Gasteiger partial charge in [0.2, 0.25) is 5.91 Å². The number of carbonyl (C=O) groups is 3. The molecule has 10 nitrogen and oxygen atoms in total. The predicted molar refractivity (Wildman–Crippen MR) is 123 cm³/mol. The molecule has 0 spiro atoms. The second-order valence-corrected chi connectivity index (χ2v) is 11.4. The van der Waals surface area contributed by atoms with Gasteiger partial charge in [-0.3, -0.25) is 9.59 Å². The van der Waals surface area contributed by atoms with Gasteiger partial charge in [-0.25, -0.2) is 4.79 Å². The van der Waals surface area contributed by atoms with E-state index in [1.165, 1.54) is 22.9 Å². The number of hydrogen-bond donors (Lipinski definition) is 2. The van der Waals surface area contributed by atoms with Crippen molar-refractivity contribution in [3.05, 3.63) is 22.6 Å². The molecule has 2 amide bonds. The molecule has 0 unspecified atom stereocenters. The maximum absolute atomic E-state index is 12.6. The van der Waals surface area contributed by atoms with Crippen molar-refractivity contribution in [3.63, 3.8) is 0 Å².